The van der Waals surface area contributed by atoms with Crippen LogP contribution < -0.4 is 14.8 Å². The molecule has 3 aromatic carbocycles. The standard InChI is InChI=1S/C21H20FNO2/c1-24-20-11-7-19(8-12-20)23-14-16-5-9-21(10-6-16)25-15-17-3-2-4-18(22)13-17/h2-13,23H,14-15H2,1H3. The van der Waals surface area contributed by atoms with E-state index in [9.17, 15) is 4.39 Å². The zero-order valence-corrected chi connectivity index (χ0v) is 14.0. The molecule has 128 valence electrons. The molecule has 0 aliphatic rings. The second-order valence-electron chi connectivity index (χ2n) is 5.64. The van der Waals surface area contributed by atoms with Gasteiger partial charge >= 0.3 is 0 Å². The number of anilines is 1. The van der Waals surface area contributed by atoms with Crippen molar-refractivity contribution in [2.24, 2.45) is 0 Å². The van der Waals surface area contributed by atoms with Gasteiger partial charge in [-0.2, -0.15) is 0 Å². The Morgan fingerprint density at radius 3 is 2.24 bits per heavy atom. The summed E-state index contributed by atoms with van der Waals surface area (Å²) in [7, 11) is 1.65. The Bertz CT molecular complexity index is 801. The molecule has 0 saturated heterocycles. The van der Waals surface area contributed by atoms with Crippen LogP contribution in [0, 0.1) is 5.82 Å². The largest absolute Gasteiger partial charge is 0.497 e. The SMILES string of the molecule is COc1ccc(NCc2ccc(OCc3cccc(F)c3)cc2)cc1. The smallest absolute Gasteiger partial charge is 0.123 e. The molecule has 0 spiro atoms. The molecule has 0 atom stereocenters. The van der Waals surface area contributed by atoms with Crippen molar-refractivity contribution >= 4 is 5.69 Å². The summed E-state index contributed by atoms with van der Waals surface area (Å²) in [6.45, 7) is 1.07. The number of hydrogen-bond acceptors (Lipinski definition) is 3. The highest BCUT2D eigenvalue weighted by molar-refractivity contribution is 5.47. The topological polar surface area (TPSA) is 30.5 Å². The van der Waals surface area contributed by atoms with Gasteiger partial charge in [0.2, 0.25) is 0 Å². The highest BCUT2D eigenvalue weighted by Crippen LogP contribution is 2.18. The van der Waals surface area contributed by atoms with Gasteiger partial charge in [0.15, 0.2) is 0 Å². The normalized spacial score (nSPS) is 10.3. The van der Waals surface area contributed by atoms with Crippen LogP contribution in [-0.4, -0.2) is 7.11 Å². The molecule has 0 aromatic heterocycles. The molecule has 0 amide bonds. The first-order valence-corrected chi connectivity index (χ1v) is 8.07. The molecule has 3 aromatic rings. The maximum atomic E-state index is 13.1. The number of methoxy groups -OCH3 is 1. The van der Waals surface area contributed by atoms with Crippen LogP contribution in [0.4, 0.5) is 10.1 Å². The Morgan fingerprint density at radius 1 is 0.840 bits per heavy atom. The first-order chi connectivity index (χ1) is 12.2. The number of benzene rings is 3. The molecule has 3 nitrogen and oxygen atoms in total. The second kappa shape index (κ2) is 8.20. The highest BCUT2D eigenvalue weighted by Gasteiger charge is 2.00. The van der Waals surface area contributed by atoms with E-state index in [1.54, 1.807) is 13.2 Å². The third-order valence-corrected chi connectivity index (χ3v) is 3.80. The predicted molar refractivity (Wildman–Crippen MR) is 97.5 cm³/mol. The molecule has 0 saturated carbocycles. The number of rotatable bonds is 7. The summed E-state index contributed by atoms with van der Waals surface area (Å²) in [6, 6.07) is 22.1. The molecule has 0 aliphatic carbocycles. The monoisotopic (exact) mass is 337 g/mol. The van der Waals surface area contributed by atoms with Crippen LogP contribution >= 0.6 is 0 Å². The number of halogens is 1. The summed E-state index contributed by atoms with van der Waals surface area (Å²) in [5.74, 6) is 1.35. The van der Waals surface area contributed by atoms with Crippen molar-refractivity contribution in [2.75, 3.05) is 12.4 Å². The fourth-order valence-electron chi connectivity index (χ4n) is 2.41. The lowest BCUT2D eigenvalue weighted by Gasteiger charge is -2.09. The molecule has 4 heteroatoms. The van der Waals surface area contributed by atoms with Gasteiger partial charge in [-0.3, -0.25) is 0 Å². The van der Waals surface area contributed by atoms with Gasteiger partial charge < -0.3 is 14.8 Å². The van der Waals surface area contributed by atoms with Crippen LogP contribution in [0.3, 0.4) is 0 Å². The summed E-state index contributed by atoms with van der Waals surface area (Å²) >= 11 is 0. The Kier molecular flexibility index (Phi) is 5.52. The molecule has 25 heavy (non-hydrogen) atoms. The molecule has 0 fully saturated rings. The third kappa shape index (κ3) is 4.98. The summed E-state index contributed by atoms with van der Waals surface area (Å²) in [5, 5.41) is 3.36. The molecular formula is C21H20FNO2. The average molecular weight is 337 g/mol. The maximum absolute atomic E-state index is 13.1. The first kappa shape index (κ1) is 16.8. The van der Waals surface area contributed by atoms with Gasteiger partial charge in [0, 0.05) is 12.2 Å². The Hall–Kier alpha value is -3.01. The van der Waals surface area contributed by atoms with Crippen molar-refractivity contribution < 1.29 is 13.9 Å². The van der Waals surface area contributed by atoms with Crippen LogP contribution in [0.2, 0.25) is 0 Å². The molecular weight excluding hydrogens is 317 g/mol. The van der Waals surface area contributed by atoms with Crippen LogP contribution in [0.5, 0.6) is 11.5 Å². The van der Waals surface area contributed by atoms with Crippen molar-refractivity contribution in [3.05, 3.63) is 89.7 Å². The lowest BCUT2D eigenvalue weighted by atomic mass is 10.2. The number of nitrogens with one attached hydrogen (secondary N) is 1. The Balaban J connectivity index is 1.51. The zero-order valence-electron chi connectivity index (χ0n) is 14.0. The van der Waals surface area contributed by atoms with Gasteiger partial charge in [0.1, 0.15) is 23.9 Å². The minimum absolute atomic E-state index is 0.249. The lowest BCUT2D eigenvalue weighted by molar-refractivity contribution is 0.305. The second-order valence-corrected chi connectivity index (χ2v) is 5.64. The van der Waals surface area contributed by atoms with Crippen molar-refractivity contribution in [3.8, 4) is 11.5 Å². The van der Waals surface area contributed by atoms with E-state index in [0.29, 0.717) is 6.61 Å². The van der Waals surface area contributed by atoms with E-state index in [-0.39, 0.29) is 5.82 Å². The molecule has 0 bridgehead atoms. The van der Waals surface area contributed by atoms with Crippen molar-refractivity contribution in [1.29, 1.82) is 0 Å². The van der Waals surface area contributed by atoms with E-state index in [1.807, 2.05) is 54.6 Å². The summed E-state index contributed by atoms with van der Waals surface area (Å²) in [5.41, 5.74) is 2.99. The van der Waals surface area contributed by atoms with Crippen LogP contribution in [0.25, 0.3) is 0 Å². The lowest BCUT2D eigenvalue weighted by Crippen LogP contribution is -2.00. The van der Waals surface area contributed by atoms with Gasteiger partial charge in [-0.15, -0.1) is 0 Å². The highest BCUT2D eigenvalue weighted by atomic mass is 19.1. The maximum Gasteiger partial charge on any atom is 0.123 e. The van der Waals surface area contributed by atoms with E-state index in [2.05, 4.69) is 5.32 Å². The van der Waals surface area contributed by atoms with Crippen LogP contribution in [0.15, 0.2) is 72.8 Å². The van der Waals surface area contributed by atoms with Gasteiger partial charge in [-0.05, 0) is 59.7 Å². The molecule has 0 aliphatic heterocycles. The Morgan fingerprint density at radius 2 is 1.56 bits per heavy atom. The fraction of sp³-hybridized carbons (Fsp3) is 0.143. The van der Waals surface area contributed by atoms with Crippen LogP contribution in [-0.2, 0) is 13.2 Å². The van der Waals surface area contributed by atoms with Crippen molar-refractivity contribution in [2.45, 2.75) is 13.2 Å². The zero-order chi connectivity index (χ0) is 17.5. The quantitative estimate of drug-likeness (QED) is 0.656. The summed E-state index contributed by atoms with van der Waals surface area (Å²) in [6.07, 6.45) is 0. The third-order valence-electron chi connectivity index (χ3n) is 3.80. The van der Waals surface area contributed by atoms with Crippen molar-refractivity contribution in [3.63, 3.8) is 0 Å². The number of ether oxygens (including phenoxy) is 2. The molecule has 0 radical (unpaired) electrons. The van der Waals surface area contributed by atoms with Crippen LogP contribution in [0.1, 0.15) is 11.1 Å². The average Bonchev–Trinajstić information content (AvgIpc) is 2.66. The minimum Gasteiger partial charge on any atom is -0.497 e. The van der Waals surface area contributed by atoms with E-state index in [0.717, 1.165) is 34.9 Å². The molecule has 0 unspecified atom stereocenters. The minimum atomic E-state index is -0.249. The fourth-order valence-corrected chi connectivity index (χ4v) is 2.41. The molecule has 1 N–H and O–H groups in total. The Labute approximate surface area is 147 Å². The van der Waals surface area contributed by atoms with E-state index in [4.69, 9.17) is 9.47 Å². The number of hydrogen-bond donors (Lipinski definition) is 1. The summed E-state index contributed by atoms with van der Waals surface area (Å²) in [4.78, 5) is 0. The van der Waals surface area contributed by atoms with E-state index in [1.165, 1.54) is 12.1 Å². The molecule has 3 rings (SSSR count). The van der Waals surface area contributed by atoms with Gasteiger partial charge in [-0.25, -0.2) is 4.39 Å². The van der Waals surface area contributed by atoms with Crippen molar-refractivity contribution in [1.82, 2.24) is 0 Å². The van der Waals surface area contributed by atoms with Gasteiger partial charge in [0.25, 0.3) is 0 Å². The summed E-state index contributed by atoms with van der Waals surface area (Å²) < 4.78 is 24.0. The predicted octanol–water partition coefficient (Wildman–Crippen LogP) is 5.03. The van der Waals surface area contributed by atoms with E-state index < -0.39 is 0 Å². The van der Waals surface area contributed by atoms with E-state index >= 15 is 0 Å². The molecule has 0 heterocycles. The van der Waals surface area contributed by atoms with Gasteiger partial charge in [0.05, 0.1) is 7.11 Å². The van der Waals surface area contributed by atoms with Gasteiger partial charge in [-0.1, -0.05) is 24.3 Å². The first-order valence-electron chi connectivity index (χ1n) is 8.07.